The van der Waals surface area contributed by atoms with Crippen molar-refractivity contribution in [3.05, 3.63) is 169 Å². The number of fused-ring (bicyclic) bond motifs is 15. The van der Waals surface area contributed by atoms with Gasteiger partial charge in [-0.15, -0.1) is 0 Å². The van der Waals surface area contributed by atoms with Gasteiger partial charge < -0.3 is 4.42 Å². The second-order valence-electron chi connectivity index (χ2n) is 14.3. The number of imidazole rings is 1. The van der Waals surface area contributed by atoms with Gasteiger partial charge in [0.05, 0.1) is 16.6 Å². The van der Waals surface area contributed by atoms with Crippen LogP contribution < -0.4 is 0 Å². The van der Waals surface area contributed by atoms with Crippen LogP contribution in [-0.4, -0.2) is 9.38 Å². The van der Waals surface area contributed by atoms with E-state index in [0.717, 1.165) is 38.8 Å². The predicted octanol–water partition coefficient (Wildman–Crippen LogP) is 13.8. The molecule has 0 fully saturated rings. The third-order valence-corrected chi connectivity index (χ3v) is 11.5. The number of nitrogens with zero attached hydrogens (tertiary/aromatic N) is 2. The number of aryl methyl sites for hydroxylation is 1. The molecule has 2 aromatic heterocycles. The second kappa shape index (κ2) is 10.5. The molecule has 3 heteroatoms. The molecule has 0 atom stereocenters. The minimum Gasteiger partial charge on any atom is -0.422 e. The van der Waals surface area contributed by atoms with Gasteiger partial charge in [-0.25, -0.2) is 0 Å². The topological polar surface area (TPSA) is 30.4 Å². The first kappa shape index (κ1) is 28.7. The van der Waals surface area contributed by atoms with E-state index in [1.807, 2.05) is 0 Å². The van der Waals surface area contributed by atoms with Gasteiger partial charge in [0.2, 0.25) is 0 Å². The number of benzene rings is 8. The Morgan fingerprint density at radius 3 is 1.45 bits per heavy atom. The Morgan fingerprint density at radius 1 is 0.415 bits per heavy atom. The highest BCUT2D eigenvalue weighted by Gasteiger charge is 2.21. The molecule has 8 aromatic carbocycles. The molecular formula is C50H30N2O. The van der Waals surface area contributed by atoms with Gasteiger partial charge in [-0.3, -0.25) is 4.40 Å². The highest BCUT2D eigenvalue weighted by Crippen LogP contribution is 2.47. The fourth-order valence-electron chi connectivity index (χ4n) is 9.22. The monoisotopic (exact) mass is 674 g/mol. The molecule has 10 aromatic rings. The molecule has 0 radical (unpaired) electrons. The Bertz CT molecular complexity index is 3530. The molecule has 3 nitrogen and oxygen atoms in total. The van der Waals surface area contributed by atoms with E-state index in [1.54, 1.807) is 0 Å². The summed E-state index contributed by atoms with van der Waals surface area (Å²) >= 11 is 0. The van der Waals surface area contributed by atoms with Crippen LogP contribution in [-0.2, 0) is 0 Å². The van der Waals surface area contributed by atoms with E-state index < -0.39 is 0 Å². The van der Waals surface area contributed by atoms with Crippen molar-refractivity contribution in [3.63, 3.8) is 0 Å². The van der Waals surface area contributed by atoms with E-state index in [0.29, 0.717) is 5.84 Å². The summed E-state index contributed by atoms with van der Waals surface area (Å²) in [5.74, 6) is 0.615. The maximum atomic E-state index is 6.64. The normalized spacial score (nSPS) is 12.2. The number of hydrogen-bond acceptors (Lipinski definition) is 2. The van der Waals surface area contributed by atoms with Crippen LogP contribution >= 0.6 is 0 Å². The van der Waals surface area contributed by atoms with Gasteiger partial charge in [0.15, 0.2) is 5.58 Å². The number of para-hydroxylation sites is 2. The molecule has 0 unspecified atom stereocenters. The Balaban J connectivity index is 1.30. The highest BCUT2D eigenvalue weighted by molar-refractivity contribution is 6.32. The van der Waals surface area contributed by atoms with Crippen molar-refractivity contribution in [1.82, 2.24) is 9.38 Å². The van der Waals surface area contributed by atoms with E-state index in [-0.39, 0.29) is 0 Å². The number of hydrogen-bond donors (Lipinski definition) is 0. The lowest BCUT2D eigenvalue weighted by atomic mass is 9.83. The minimum absolute atomic E-state index is 0.615. The van der Waals surface area contributed by atoms with Crippen LogP contribution in [0.3, 0.4) is 0 Å². The van der Waals surface area contributed by atoms with E-state index in [2.05, 4.69) is 175 Å². The van der Waals surface area contributed by atoms with E-state index in [1.165, 1.54) is 75.8 Å². The molecule has 0 spiro atoms. The van der Waals surface area contributed by atoms with Crippen molar-refractivity contribution in [2.45, 2.75) is 6.92 Å². The predicted molar refractivity (Wildman–Crippen MR) is 223 cm³/mol. The molecule has 0 aliphatic heterocycles. The zero-order valence-electron chi connectivity index (χ0n) is 28.9. The fourth-order valence-corrected chi connectivity index (χ4v) is 9.22. The van der Waals surface area contributed by atoms with E-state index >= 15 is 0 Å². The third-order valence-electron chi connectivity index (χ3n) is 11.5. The van der Waals surface area contributed by atoms with Crippen molar-refractivity contribution in [3.8, 4) is 22.3 Å². The Kier molecular flexibility index (Phi) is 5.70. The van der Waals surface area contributed by atoms with E-state index in [4.69, 9.17) is 9.40 Å². The molecular weight excluding hydrogens is 645 g/mol. The lowest BCUT2D eigenvalue weighted by molar-refractivity contribution is 0.644. The lowest BCUT2D eigenvalue weighted by Crippen LogP contribution is -1.92. The van der Waals surface area contributed by atoms with Crippen molar-refractivity contribution in [1.29, 1.82) is 0 Å². The van der Waals surface area contributed by atoms with Crippen molar-refractivity contribution >= 4 is 92.6 Å². The molecule has 2 aliphatic rings. The summed E-state index contributed by atoms with van der Waals surface area (Å²) in [6.45, 7) is 2.10. The SMILES string of the molecule is Cc1cccc2c1nc1oc3c(-c4ccc5c(c4)c4cccc6c4-c4c(cccc4c4ccccc45)c4ccccc4c4ccccc64)cccc3n12. The van der Waals surface area contributed by atoms with Crippen molar-refractivity contribution in [2.75, 3.05) is 0 Å². The number of oxazole rings is 1. The first-order chi connectivity index (χ1) is 26.2. The first-order valence-electron chi connectivity index (χ1n) is 18.2. The maximum Gasteiger partial charge on any atom is 0.307 e. The summed E-state index contributed by atoms with van der Waals surface area (Å²) in [5, 5.41) is 14.9. The Morgan fingerprint density at radius 2 is 0.868 bits per heavy atom. The molecule has 0 amide bonds. The van der Waals surface area contributed by atoms with Crippen LogP contribution in [0, 0.1) is 6.92 Å². The molecule has 246 valence electrons. The fraction of sp³-hybridized carbons (Fsp3) is 0.0200. The molecule has 12 rings (SSSR count). The minimum atomic E-state index is 0.615. The molecule has 0 saturated heterocycles. The summed E-state index contributed by atoms with van der Waals surface area (Å²) in [7, 11) is 0. The summed E-state index contributed by atoms with van der Waals surface area (Å²) in [4.78, 5) is 4.93. The number of aromatic nitrogens is 2. The highest BCUT2D eigenvalue weighted by atomic mass is 16.4. The van der Waals surface area contributed by atoms with Crippen molar-refractivity contribution < 1.29 is 4.42 Å². The van der Waals surface area contributed by atoms with Crippen LogP contribution in [0.25, 0.3) is 115 Å². The van der Waals surface area contributed by atoms with E-state index in [9.17, 15) is 0 Å². The largest absolute Gasteiger partial charge is 0.422 e. The Labute approximate surface area is 303 Å². The molecule has 0 N–H and O–H groups in total. The van der Waals surface area contributed by atoms with Gasteiger partial charge in [-0.05, 0) is 112 Å². The molecule has 2 heterocycles. The van der Waals surface area contributed by atoms with Gasteiger partial charge in [-0.2, -0.15) is 4.98 Å². The number of rotatable bonds is 1. The molecule has 0 bridgehead atoms. The Hall–Kier alpha value is -6.97. The smallest absolute Gasteiger partial charge is 0.307 e. The average molecular weight is 675 g/mol. The molecule has 0 saturated carbocycles. The van der Waals surface area contributed by atoms with Gasteiger partial charge in [0, 0.05) is 5.56 Å². The first-order valence-corrected chi connectivity index (χ1v) is 18.2. The maximum absolute atomic E-state index is 6.64. The van der Waals surface area contributed by atoms with Gasteiger partial charge in [-0.1, -0.05) is 146 Å². The van der Waals surface area contributed by atoms with Gasteiger partial charge in [0.1, 0.15) is 0 Å². The van der Waals surface area contributed by atoms with Crippen LogP contribution in [0.5, 0.6) is 0 Å². The van der Waals surface area contributed by atoms with Crippen LogP contribution in [0.4, 0.5) is 0 Å². The lowest BCUT2D eigenvalue weighted by Gasteiger charge is -2.19. The standard InChI is InChI=1S/C50H30N2O/c1-29-12-8-24-44-48(29)51-50-52(44)45-25-11-19-31(49(45)53-50)30-26-27-38-34-15-4-7-18-37(34)40-21-9-20-39-35-16-5-2-13-32(35)33-14-3-6-17-36(33)41-22-10-23-42(43(38)28-30)47(41)46(39)40/h2-28H,1H3. The van der Waals surface area contributed by atoms with Crippen molar-refractivity contribution in [2.24, 2.45) is 0 Å². The van der Waals surface area contributed by atoms with Crippen LogP contribution in [0.15, 0.2) is 168 Å². The summed E-state index contributed by atoms with van der Waals surface area (Å²) in [6.07, 6.45) is 0. The second-order valence-corrected chi connectivity index (χ2v) is 14.3. The summed E-state index contributed by atoms with van der Waals surface area (Å²) in [5.41, 5.74) is 9.73. The molecule has 53 heavy (non-hydrogen) atoms. The van der Waals surface area contributed by atoms with Gasteiger partial charge >= 0.3 is 5.84 Å². The van der Waals surface area contributed by atoms with Crippen LogP contribution in [0.2, 0.25) is 0 Å². The van der Waals surface area contributed by atoms with Crippen LogP contribution in [0.1, 0.15) is 5.56 Å². The molecule has 2 aliphatic carbocycles. The zero-order valence-corrected chi connectivity index (χ0v) is 28.9. The van der Waals surface area contributed by atoms with Gasteiger partial charge in [0.25, 0.3) is 0 Å². The average Bonchev–Trinajstić information content (AvgIpc) is 3.77. The summed E-state index contributed by atoms with van der Waals surface area (Å²) < 4.78 is 8.79. The quantitative estimate of drug-likeness (QED) is 0.173. The zero-order chi connectivity index (χ0) is 34.8. The summed E-state index contributed by atoms with van der Waals surface area (Å²) in [6, 6.07) is 60.2. The third kappa shape index (κ3) is 3.86.